The summed E-state index contributed by atoms with van der Waals surface area (Å²) in [5, 5.41) is 12.3. The fraction of sp³-hybridized carbons (Fsp3) is 0.867. The summed E-state index contributed by atoms with van der Waals surface area (Å²) in [6, 6.07) is -0.924. The number of carbonyl (C=O) groups excluding carboxylic acids is 1. The second-order valence-electron chi connectivity index (χ2n) is 5.73. The number of carboxylic acids is 1. The van der Waals surface area contributed by atoms with E-state index >= 15 is 0 Å². The van der Waals surface area contributed by atoms with Crippen molar-refractivity contribution in [1.82, 2.24) is 15.1 Å². The molecule has 2 amide bonds. The van der Waals surface area contributed by atoms with Crippen molar-refractivity contribution in [2.75, 3.05) is 26.2 Å². The lowest BCUT2D eigenvalue weighted by Crippen LogP contribution is -2.53. The predicted octanol–water partition coefficient (Wildman–Crippen LogP) is 1.76. The van der Waals surface area contributed by atoms with Gasteiger partial charge in [0, 0.05) is 19.1 Å². The van der Waals surface area contributed by atoms with Crippen LogP contribution in [0.2, 0.25) is 0 Å². The third-order valence-electron chi connectivity index (χ3n) is 4.10. The molecule has 0 spiro atoms. The molecule has 6 heteroatoms. The van der Waals surface area contributed by atoms with Crippen LogP contribution >= 0.6 is 0 Å². The van der Waals surface area contributed by atoms with Gasteiger partial charge >= 0.3 is 12.0 Å². The molecule has 1 fully saturated rings. The number of urea groups is 1. The summed E-state index contributed by atoms with van der Waals surface area (Å²) in [6.07, 6.45) is 3.28. The normalized spacial score (nSPS) is 21.0. The molecule has 0 saturated carbocycles. The summed E-state index contributed by atoms with van der Waals surface area (Å²) in [7, 11) is 0. The Hall–Kier alpha value is -1.30. The number of likely N-dealkylation sites (tertiary alicyclic amines) is 1. The van der Waals surface area contributed by atoms with Gasteiger partial charge in [-0.1, -0.05) is 26.7 Å². The molecule has 122 valence electrons. The van der Waals surface area contributed by atoms with Gasteiger partial charge in [-0.05, 0) is 32.9 Å². The fourth-order valence-corrected chi connectivity index (χ4v) is 2.82. The molecule has 1 aliphatic heterocycles. The molecule has 1 aliphatic rings. The Labute approximate surface area is 127 Å². The van der Waals surface area contributed by atoms with Crippen LogP contribution in [-0.2, 0) is 4.79 Å². The van der Waals surface area contributed by atoms with Gasteiger partial charge in [0.15, 0.2) is 0 Å². The number of likely N-dealkylation sites (N-methyl/N-ethyl adjacent to an activating group) is 1. The molecule has 1 rings (SSSR count). The average Bonchev–Trinajstić information content (AvgIpc) is 2.70. The van der Waals surface area contributed by atoms with Gasteiger partial charge in [-0.3, -0.25) is 0 Å². The summed E-state index contributed by atoms with van der Waals surface area (Å²) < 4.78 is 0. The largest absolute Gasteiger partial charge is 0.480 e. The van der Waals surface area contributed by atoms with Crippen molar-refractivity contribution in [1.29, 1.82) is 0 Å². The third-order valence-corrected chi connectivity index (χ3v) is 4.10. The number of carbonyl (C=O) groups is 2. The topological polar surface area (TPSA) is 72.9 Å². The number of carboxylic acid groups (broad SMARTS) is 1. The minimum atomic E-state index is -0.900. The summed E-state index contributed by atoms with van der Waals surface area (Å²) in [6.45, 7) is 9.34. The van der Waals surface area contributed by atoms with Gasteiger partial charge in [0.2, 0.25) is 0 Å². The van der Waals surface area contributed by atoms with Gasteiger partial charge < -0.3 is 20.2 Å². The van der Waals surface area contributed by atoms with Crippen molar-refractivity contribution in [3.05, 3.63) is 0 Å². The van der Waals surface area contributed by atoms with E-state index in [2.05, 4.69) is 24.1 Å². The van der Waals surface area contributed by atoms with Crippen LogP contribution in [0, 0.1) is 0 Å². The van der Waals surface area contributed by atoms with E-state index in [0.717, 1.165) is 38.9 Å². The van der Waals surface area contributed by atoms with E-state index in [1.54, 1.807) is 0 Å². The first-order chi connectivity index (χ1) is 9.99. The van der Waals surface area contributed by atoms with Crippen LogP contribution in [0.25, 0.3) is 0 Å². The summed E-state index contributed by atoms with van der Waals surface area (Å²) in [4.78, 5) is 27.4. The maximum absolute atomic E-state index is 12.4. The highest BCUT2D eigenvalue weighted by atomic mass is 16.4. The Morgan fingerprint density at radius 3 is 2.52 bits per heavy atom. The highest BCUT2D eigenvalue weighted by Crippen LogP contribution is 2.17. The van der Waals surface area contributed by atoms with Crippen LogP contribution in [0.3, 0.4) is 0 Å². The Kier molecular flexibility index (Phi) is 7.50. The molecule has 0 radical (unpaired) electrons. The molecular weight excluding hydrogens is 270 g/mol. The van der Waals surface area contributed by atoms with Crippen LogP contribution in [0.4, 0.5) is 4.79 Å². The number of hydrogen-bond acceptors (Lipinski definition) is 3. The molecule has 21 heavy (non-hydrogen) atoms. The monoisotopic (exact) mass is 299 g/mol. The molecule has 1 heterocycles. The van der Waals surface area contributed by atoms with Gasteiger partial charge in [-0.15, -0.1) is 0 Å². The molecule has 6 nitrogen and oxygen atoms in total. The Bertz CT molecular complexity index is 345. The van der Waals surface area contributed by atoms with Crippen LogP contribution in [-0.4, -0.2) is 65.2 Å². The molecular formula is C15H29N3O3. The van der Waals surface area contributed by atoms with Crippen molar-refractivity contribution >= 4 is 12.0 Å². The van der Waals surface area contributed by atoms with Crippen molar-refractivity contribution in [3.8, 4) is 0 Å². The van der Waals surface area contributed by atoms with Gasteiger partial charge in [-0.2, -0.15) is 0 Å². The first-order valence-corrected chi connectivity index (χ1v) is 8.01. The first kappa shape index (κ1) is 17.8. The van der Waals surface area contributed by atoms with Gasteiger partial charge in [-0.25, -0.2) is 9.59 Å². The summed E-state index contributed by atoms with van der Waals surface area (Å²) in [5.41, 5.74) is 0. The number of nitrogens with one attached hydrogen (secondary N) is 1. The first-order valence-electron chi connectivity index (χ1n) is 8.01. The lowest BCUT2D eigenvalue weighted by molar-refractivity contribution is -0.142. The standard InChI is InChI=1S/C15H29N3O3/c1-4-17(5-2)11-12(3)16-15(21)18-10-8-6-7-9-13(18)14(19)20/h12-13H,4-11H2,1-3H3,(H,16,21)(H,19,20). The third kappa shape index (κ3) is 5.53. The molecule has 2 N–H and O–H groups in total. The molecule has 2 unspecified atom stereocenters. The molecule has 2 atom stereocenters. The van der Waals surface area contributed by atoms with E-state index in [1.807, 2.05) is 6.92 Å². The number of amides is 2. The van der Waals surface area contributed by atoms with E-state index in [9.17, 15) is 14.7 Å². The van der Waals surface area contributed by atoms with Crippen LogP contribution in [0.5, 0.6) is 0 Å². The van der Waals surface area contributed by atoms with Gasteiger partial charge in [0.05, 0.1) is 0 Å². The number of nitrogens with zero attached hydrogens (tertiary/aromatic N) is 2. The predicted molar refractivity (Wildman–Crippen MR) is 82.4 cm³/mol. The second kappa shape index (κ2) is 8.87. The van der Waals surface area contributed by atoms with E-state index in [-0.39, 0.29) is 12.1 Å². The van der Waals surface area contributed by atoms with Crippen molar-refractivity contribution < 1.29 is 14.7 Å². The smallest absolute Gasteiger partial charge is 0.326 e. The number of hydrogen-bond donors (Lipinski definition) is 2. The van der Waals surface area contributed by atoms with Gasteiger partial charge in [0.25, 0.3) is 0 Å². The molecule has 0 aromatic carbocycles. The lowest BCUT2D eigenvalue weighted by atomic mass is 10.1. The Morgan fingerprint density at radius 2 is 1.95 bits per heavy atom. The van der Waals surface area contributed by atoms with Crippen LogP contribution in [0.15, 0.2) is 0 Å². The zero-order chi connectivity index (χ0) is 15.8. The summed E-state index contributed by atoms with van der Waals surface area (Å²) in [5.74, 6) is -0.900. The Morgan fingerprint density at radius 1 is 1.29 bits per heavy atom. The van der Waals surface area contributed by atoms with Crippen molar-refractivity contribution in [2.24, 2.45) is 0 Å². The Balaban J connectivity index is 2.60. The lowest BCUT2D eigenvalue weighted by Gasteiger charge is -2.30. The highest BCUT2D eigenvalue weighted by molar-refractivity contribution is 5.82. The van der Waals surface area contributed by atoms with Crippen LogP contribution in [0.1, 0.15) is 46.5 Å². The van der Waals surface area contributed by atoms with E-state index in [4.69, 9.17) is 0 Å². The second-order valence-corrected chi connectivity index (χ2v) is 5.73. The number of rotatable bonds is 6. The molecule has 0 aliphatic carbocycles. The number of aliphatic carboxylic acids is 1. The molecule has 0 aromatic rings. The van der Waals surface area contributed by atoms with E-state index < -0.39 is 12.0 Å². The maximum Gasteiger partial charge on any atom is 0.326 e. The minimum Gasteiger partial charge on any atom is -0.480 e. The minimum absolute atomic E-state index is 0.00935. The quantitative estimate of drug-likeness (QED) is 0.784. The SMILES string of the molecule is CCN(CC)CC(C)NC(=O)N1CCCCCC1C(=O)O. The maximum atomic E-state index is 12.4. The zero-order valence-electron chi connectivity index (χ0n) is 13.5. The van der Waals surface area contributed by atoms with Gasteiger partial charge in [0.1, 0.15) is 6.04 Å². The summed E-state index contributed by atoms with van der Waals surface area (Å²) >= 11 is 0. The average molecular weight is 299 g/mol. The van der Waals surface area contributed by atoms with E-state index in [0.29, 0.717) is 13.0 Å². The highest BCUT2D eigenvalue weighted by Gasteiger charge is 2.31. The van der Waals surface area contributed by atoms with Crippen LogP contribution < -0.4 is 5.32 Å². The fourth-order valence-electron chi connectivity index (χ4n) is 2.82. The molecule has 0 bridgehead atoms. The van der Waals surface area contributed by atoms with Crippen molar-refractivity contribution in [2.45, 2.75) is 58.5 Å². The molecule has 1 saturated heterocycles. The zero-order valence-corrected chi connectivity index (χ0v) is 13.5. The van der Waals surface area contributed by atoms with E-state index in [1.165, 1.54) is 4.90 Å². The van der Waals surface area contributed by atoms with Crippen molar-refractivity contribution in [3.63, 3.8) is 0 Å². The molecule has 0 aromatic heterocycles.